The lowest BCUT2D eigenvalue weighted by molar-refractivity contribution is -0.118. The summed E-state index contributed by atoms with van der Waals surface area (Å²) in [6, 6.07) is 8.37. The smallest absolute Gasteiger partial charge is 0.247 e. The first-order chi connectivity index (χ1) is 12.4. The molecule has 0 unspecified atom stereocenters. The molecule has 0 radical (unpaired) electrons. The molecule has 1 aromatic carbocycles. The summed E-state index contributed by atoms with van der Waals surface area (Å²) in [5, 5.41) is 2.85. The molecule has 1 amide bonds. The molecule has 0 aliphatic carbocycles. The predicted molar refractivity (Wildman–Crippen MR) is 101 cm³/mol. The van der Waals surface area contributed by atoms with Gasteiger partial charge in [-0.1, -0.05) is 0 Å². The van der Waals surface area contributed by atoms with Gasteiger partial charge in [-0.25, -0.2) is 8.42 Å². The zero-order chi connectivity index (χ0) is 18.7. The van der Waals surface area contributed by atoms with Crippen molar-refractivity contribution in [2.75, 3.05) is 29.0 Å². The maximum atomic E-state index is 12.5. The van der Waals surface area contributed by atoms with Crippen LogP contribution in [0.4, 0.5) is 11.4 Å². The van der Waals surface area contributed by atoms with Crippen LogP contribution in [-0.2, 0) is 14.8 Å². The average molecular weight is 377 g/mol. The quantitative estimate of drug-likeness (QED) is 0.869. The fraction of sp³-hybridized carbons (Fsp3) is 0.389. The number of sulfonamides is 1. The monoisotopic (exact) mass is 377 g/mol. The number of nitrogens with zero attached hydrogens (tertiary/aromatic N) is 2. The van der Waals surface area contributed by atoms with Crippen molar-refractivity contribution >= 4 is 27.3 Å². The first kappa shape index (κ1) is 18.3. The highest BCUT2D eigenvalue weighted by molar-refractivity contribution is 7.92. The standard InChI is InChI=1S/C18H23N3O4S/c1-14(20-9-3-4-10-20)18(22)19-15-7-8-17(25-2)16(13-15)21-11-5-6-12-26(21,23)24/h3-4,7-10,13-14H,5-6,11-12H2,1-2H3,(H,19,22)/t14-/m1/s1. The lowest BCUT2D eigenvalue weighted by atomic mass is 10.2. The number of methoxy groups -OCH3 is 1. The van der Waals surface area contributed by atoms with Crippen molar-refractivity contribution in [1.29, 1.82) is 0 Å². The molecule has 0 bridgehead atoms. The normalized spacial score (nSPS) is 17.5. The zero-order valence-corrected chi connectivity index (χ0v) is 15.7. The van der Waals surface area contributed by atoms with Gasteiger partial charge in [0.2, 0.25) is 15.9 Å². The Balaban J connectivity index is 1.86. The second-order valence-corrected chi connectivity index (χ2v) is 8.29. The average Bonchev–Trinajstić information content (AvgIpc) is 3.15. The summed E-state index contributed by atoms with van der Waals surface area (Å²) in [6.07, 6.45) is 5.10. The van der Waals surface area contributed by atoms with Crippen LogP contribution in [0.2, 0.25) is 0 Å². The molecule has 3 rings (SSSR count). The van der Waals surface area contributed by atoms with Crippen LogP contribution >= 0.6 is 0 Å². The van der Waals surface area contributed by atoms with Crippen LogP contribution < -0.4 is 14.4 Å². The van der Waals surface area contributed by atoms with Gasteiger partial charge in [-0.05, 0) is 50.1 Å². The number of ether oxygens (including phenoxy) is 1. The Morgan fingerprint density at radius 2 is 1.96 bits per heavy atom. The Morgan fingerprint density at radius 3 is 2.62 bits per heavy atom. The fourth-order valence-corrected chi connectivity index (χ4v) is 4.65. The van der Waals surface area contributed by atoms with E-state index in [9.17, 15) is 13.2 Å². The van der Waals surface area contributed by atoms with Gasteiger partial charge >= 0.3 is 0 Å². The molecule has 1 aliphatic heterocycles. The summed E-state index contributed by atoms with van der Waals surface area (Å²) >= 11 is 0. The van der Waals surface area contributed by atoms with E-state index in [1.165, 1.54) is 11.4 Å². The number of hydrogen-bond acceptors (Lipinski definition) is 4. The van der Waals surface area contributed by atoms with Gasteiger partial charge in [0, 0.05) is 24.6 Å². The summed E-state index contributed by atoms with van der Waals surface area (Å²) in [4.78, 5) is 12.5. The Kier molecular flexibility index (Phi) is 5.22. The molecule has 0 saturated carbocycles. The number of amides is 1. The van der Waals surface area contributed by atoms with Crippen LogP contribution in [-0.4, -0.2) is 38.3 Å². The Labute approximate surface area is 153 Å². The highest BCUT2D eigenvalue weighted by Gasteiger charge is 2.28. The molecular formula is C18H23N3O4S. The molecule has 1 fully saturated rings. The SMILES string of the molecule is COc1ccc(NC(=O)[C@@H](C)n2cccc2)cc1N1CCCCS1(=O)=O. The van der Waals surface area contributed by atoms with Gasteiger partial charge in [0.15, 0.2) is 0 Å². The molecule has 140 valence electrons. The molecular weight excluding hydrogens is 354 g/mol. The summed E-state index contributed by atoms with van der Waals surface area (Å²) in [6.45, 7) is 2.21. The van der Waals surface area contributed by atoms with Gasteiger partial charge < -0.3 is 14.6 Å². The summed E-state index contributed by atoms with van der Waals surface area (Å²) in [5.41, 5.74) is 0.990. The van der Waals surface area contributed by atoms with Gasteiger partial charge in [-0.3, -0.25) is 9.10 Å². The minimum atomic E-state index is -3.37. The Bertz CT molecular complexity index is 878. The molecule has 1 N–H and O–H groups in total. The molecule has 1 saturated heterocycles. The molecule has 1 aliphatic rings. The van der Waals surface area contributed by atoms with Crippen LogP contribution in [0.3, 0.4) is 0 Å². The molecule has 7 nitrogen and oxygen atoms in total. The van der Waals surface area contributed by atoms with E-state index in [1.54, 1.807) is 29.7 Å². The van der Waals surface area contributed by atoms with Gasteiger partial charge in [-0.15, -0.1) is 0 Å². The van der Waals surface area contributed by atoms with E-state index in [4.69, 9.17) is 4.74 Å². The minimum absolute atomic E-state index is 0.122. The molecule has 1 aromatic heterocycles. The first-order valence-corrected chi connectivity index (χ1v) is 10.1. The summed E-state index contributed by atoms with van der Waals surface area (Å²) < 4.78 is 33.4. The first-order valence-electron chi connectivity index (χ1n) is 8.54. The number of hydrogen-bond donors (Lipinski definition) is 1. The number of benzene rings is 1. The van der Waals surface area contributed by atoms with Crippen LogP contribution in [0.1, 0.15) is 25.8 Å². The number of nitrogens with one attached hydrogen (secondary N) is 1. The van der Waals surface area contributed by atoms with Gasteiger partial charge in [0.25, 0.3) is 0 Å². The number of rotatable bonds is 5. The third-order valence-corrected chi connectivity index (χ3v) is 6.37. The third-order valence-electron chi connectivity index (χ3n) is 4.52. The molecule has 26 heavy (non-hydrogen) atoms. The van der Waals surface area contributed by atoms with E-state index < -0.39 is 10.0 Å². The van der Waals surface area contributed by atoms with Crippen LogP contribution in [0.25, 0.3) is 0 Å². The zero-order valence-electron chi connectivity index (χ0n) is 14.9. The minimum Gasteiger partial charge on any atom is -0.495 e. The van der Waals surface area contributed by atoms with Gasteiger partial charge in [-0.2, -0.15) is 0 Å². The van der Waals surface area contributed by atoms with Crippen molar-refractivity contribution in [3.8, 4) is 5.75 Å². The van der Waals surface area contributed by atoms with E-state index in [0.29, 0.717) is 30.1 Å². The molecule has 2 heterocycles. The van der Waals surface area contributed by atoms with Crippen LogP contribution in [0, 0.1) is 0 Å². The topological polar surface area (TPSA) is 80.6 Å². The second kappa shape index (κ2) is 7.41. The van der Waals surface area contributed by atoms with Crippen molar-refractivity contribution in [3.63, 3.8) is 0 Å². The number of anilines is 2. The predicted octanol–water partition coefficient (Wildman–Crippen LogP) is 2.63. The van der Waals surface area contributed by atoms with E-state index >= 15 is 0 Å². The third kappa shape index (κ3) is 3.70. The molecule has 0 spiro atoms. The Hall–Kier alpha value is -2.48. The van der Waals surface area contributed by atoms with E-state index in [-0.39, 0.29) is 17.7 Å². The van der Waals surface area contributed by atoms with Crippen LogP contribution in [0.15, 0.2) is 42.7 Å². The van der Waals surface area contributed by atoms with Crippen LogP contribution in [0.5, 0.6) is 5.75 Å². The Morgan fingerprint density at radius 1 is 1.23 bits per heavy atom. The van der Waals surface area contributed by atoms with Crippen molar-refractivity contribution < 1.29 is 17.9 Å². The molecule has 2 aromatic rings. The largest absolute Gasteiger partial charge is 0.495 e. The van der Waals surface area contributed by atoms with Crippen molar-refractivity contribution in [1.82, 2.24) is 4.57 Å². The second-order valence-electron chi connectivity index (χ2n) is 6.28. The van der Waals surface area contributed by atoms with E-state index in [2.05, 4.69) is 5.32 Å². The van der Waals surface area contributed by atoms with Crippen molar-refractivity contribution in [3.05, 3.63) is 42.7 Å². The highest BCUT2D eigenvalue weighted by Crippen LogP contribution is 2.35. The summed E-state index contributed by atoms with van der Waals surface area (Å²) in [5.74, 6) is 0.406. The number of carbonyl (C=O) groups is 1. The molecule has 1 atom stereocenters. The number of carbonyl (C=O) groups excluding carboxylic acids is 1. The van der Waals surface area contributed by atoms with E-state index in [0.717, 1.165) is 6.42 Å². The van der Waals surface area contributed by atoms with Crippen molar-refractivity contribution in [2.24, 2.45) is 0 Å². The molecule has 8 heteroatoms. The van der Waals surface area contributed by atoms with Crippen molar-refractivity contribution in [2.45, 2.75) is 25.8 Å². The maximum Gasteiger partial charge on any atom is 0.247 e. The summed E-state index contributed by atoms with van der Waals surface area (Å²) in [7, 11) is -1.87. The highest BCUT2D eigenvalue weighted by atomic mass is 32.2. The lowest BCUT2D eigenvalue weighted by Gasteiger charge is -2.29. The van der Waals surface area contributed by atoms with Gasteiger partial charge in [0.05, 0.1) is 18.6 Å². The lowest BCUT2D eigenvalue weighted by Crippen LogP contribution is -2.38. The number of aromatic nitrogens is 1. The fourth-order valence-electron chi connectivity index (χ4n) is 3.01. The van der Waals surface area contributed by atoms with Gasteiger partial charge in [0.1, 0.15) is 11.8 Å². The van der Waals surface area contributed by atoms with E-state index in [1.807, 2.05) is 24.5 Å². The maximum absolute atomic E-state index is 12.5.